The summed E-state index contributed by atoms with van der Waals surface area (Å²) in [6, 6.07) is 15.0. The van der Waals surface area contributed by atoms with Crippen LogP contribution in [0.5, 0.6) is 11.5 Å². The van der Waals surface area contributed by atoms with Crippen LogP contribution in [0.1, 0.15) is 57.0 Å². The van der Waals surface area contributed by atoms with Gasteiger partial charge in [0.25, 0.3) is 5.91 Å². The first-order valence-corrected chi connectivity index (χ1v) is 15.5. The maximum Gasteiger partial charge on any atom is 0.410 e. The van der Waals surface area contributed by atoms with Crippen molar-refractivity contribution in [3.63, 3.8) is 0 Å². The molecule has 1 saturated heterocycles. The summed E-state index contributed by atoms with van der Waals surface area (Å²) in [6.07, 6.45) is 0.362. The summed E-state index contributed by atoms with van der Waals surface area (Å²) in [6.45, 7) is 12.2. The Morgan fingerprint density at radius 2 is 1.78 bits per heavy atom. The Balaban J connectivity index is 1.74. The van der Waals surface area contributed by atoms with Crippen LogP contribution in [-0.4, -0.2) is 84.3 Å². The smallest absolute Gasteiger partial charge is 0.410 e. The number of hydrogen-bond acceptors (Lipinski definition) is 7. The molecule has 0 aromatic heterocycles. The number of hydrogen-bond donors (Lipinski definition) is 1. The summed E-state index contributed by atoms with van der Waals surface area (Å²) in [5.74, 6) is 2.22. The number of benzene rings is 2. The number of ether oxygens (including phenoxy) is 3. The van der Waals surface area contributed by atoms with Gasteiger partial charge in [0.1, 0.15) is 5.60 Å². The Morgan fingerprint density at radius 1 is 1.07 bits per heavy atom. The largest absolute Gasteiger partial charge is 0.504 e. The second-order valence-electron chi connectivity index (χ2n) is 11.8. The lowest BCUT2D eigenvalue weighted by molar-refractivity contribution is 0.0282. The van der Waals surface area contributed by atoms with Crippen LogP contribution in [0, 0.1) is 11.8 Å². The van der Waals surface area contributed by atoms with Crippen LogP contribution < -0.4 is 4.74 Å². The second kappa shape index (κ2) is 15.4. The monoisotopic (exact) mass is 586 g/mol. The van der Waals surface area contributed by atoms with Crippen LogP contribution >= 0.6 is 11.8 Å². The average Bonchev–Trinajstić information content (AvgIpc) is 3.32. The van der Waals surface area contributed by atoms with E-state index < -0.39 is 5.60 Å². The van der Waals surface area contributed by atoms with Gasteiger partial charge in [-0.3, -0.25) is 4.79 Å². The van der Waals surface area contributed by atoms with Crippen LogP contribution in [0.2, 0.25) is 0 Å². The van der Waals surface area contributed by atoms with Crippen molar-refractivity contribution >= 4 is 23.8 Å². The molecule has 1 aliphatic rings. The van der Waals surface area contributed by atoms with Gasteiger partial charge in [0.2, 0.25) is 0 Å². The molecule has 1 fully saturated rings. The molecule has 1 aliphatic heterocycles. The minimum absolute atomic E-state index is 0.00522. The van der Waals surface area contributed by atoms with Crippen LogP contribution in [0.25, 0.3) is 0 Å². The Morgan fingerprint density at radius 3 is 2.44 bits per heavy atom. The van der Waals surface area contributed by atoms with Crippen molar-refractivity contribution in [3.05, 3.63) is 59.7 Å². The summed E-state index contributed by atoms with van der Waals surface area (Å²) in [7, 11) is 1.63. The molecule has 2 amide bonds. The van der Waals surface area contributed by atoms with Gasteiger partial charge in [0, 0.05) is 57.1 Å². The number of methoxy groups -OCH3 is 1. The molecule has 1 N–H and O–H groups in total. The van der Waals surface area contributed by atoms with E-state index in [1.807, 2.05) is 69.5 Å². The summed E-state index contributed by atoms with van der Waals surface area (Å²) in [4.78, 5) is 30.4. The number of aromatic hydroxyl groups is 1. The van der Waals surface area contributed by atoms with E-state index in [2.05, 4.69) is 12.1 Å². The molecule has 0 bridgehead atoms. The number of phenolic OH excluding ortho intramolecular Hbond substituents is 1. The zero-order valence-corrected chi connectivity index (χ0v) is 26.1. The number of carbonyl (C=O) groups is 2. The fraction of sp³-hybridized carbons (Fsp3) is 0.562. The van der Waals surface area contributed by atoms with Crippen molar-refractivity contribution in [1.29, 1.82) is 0 Å². The first-order chi connectivity index (χ1) is 19.5. The highest BCUT2D eigenvalue weighted by Gasteiger charge is 2.39. The standard InChI is InChI=1S/C32H46N2O6S/c1-23(2)34(30(36)25-13-14-28(35)29(17-25)39-16-10-15-38-6)20-26-18-33(31(37)40-32(3,4)5)19-27(26)22-41-21-24-11-8-7-9-12-24/h7-9,11-14,17,23,26-27,35H,10,15-16,18-22H2,1-6H3/t26-,27-/m0/s1. The fourth-order valence-corrected chi connectivity index (χ4v) is 6.03. The fourth-order valence-electron chi connectivity index (χ4n) is 4.81. The molecule has 8 nitrogen and oxygen atoms in total. The summed E-state index contributed by atoms with van der Waals surface area (Å²) < 4.78 is 16.5. The number of nitrogens with zero attached hydrogens (tertiary/aromatic N) is 2. The number of amides is 2. The minimum Gasteiger partial charge on any atom is -0.504 e. The Hall–Kier alpha value is -2.91. The first kappa shape index (κ1) is 32.6. The van der Waals surface area contributed by atoms with E-state index in [0.29, 0.717) is 44.8 Å². The van der Waals surface area contributed by atoms with E-state index in [0.717, 1.165) is 11.5 Å². The quantitative estimate of drug-likeness (QED) is 0.285. The van der Waals surface area contributed by atoms with Crippen molar-refractivity contribution in [1.82, 2.24) is 9.80 Å². The Labute approximate surface area is 249 Å². The van der Waals surface area contributed by atoms with Gasteiger partial charge in [-0.1, -0.05) is 30.3 Å². The van der Waals surface area contributed by atoms with E-state index in [1.54, 1.807) is 24.1 Å². The molecule has 226 valence electrons. The van der Waals surface area contributed by atoms with Crippen molar-refractivity contribution < 1.29 is 28.9 Å². The SMILES string of the molecule is COCCCOc1cc(C(=O)N(C[C@@H]2CN(C(=O)OC(C)(C)C)C[C@H]2CSCc2ccccc2)C(C)C)ccc1O. The molecule has 0 unspecified atom stereocenters. The number of phenols is 1. The normalized spacial score (nSPS) is 17.1. The van der Waals surface area contributed by atoms with Crippen LogP contribution in [-0.2, 0) is 15.2 Å². The van der Waals surface area contributed by atoms with Gasteiger partial charge in [0.15, 0.2) is 11.5 Å². The molecule has 0 radical (unpaired) electrons. The van der Waals surface area contributed by atoms with E-state index in [-0.39, 0.29) is 41.4 Å². The molecule has 41 heavy (non-hydrogen) atoms. The van der Waals surface area contributed by atoms with Crippen molar-refractivity contribution in [2.24, 2.45) is 11.8 Å². The number of likely N-dealkylation sites (tertiary alicyclic amines) is 1. The number of thioether (sulfide) groups is 1. The van der Waals surface area contributed by atoms with E-state index in [4.69, 9.17) is 14.2 Å². The zero-order chi connectivity index (χ0) is 30.0. The number of carbonyl (C=O) groups excluding carboxylic acids is 2. The van der Waals surface area contributed by atoms with Crippen molar-refractivity contribution in [2.45, 2.75) is 58.4 Å². The van der Waals surface area contributed by atoms with Gasteiger partial charge < -0.3 is 29.1 Å². The van der Waals surface area contributed by atoms with E-state index in [1.165, 1.54) is 11.6 Å². The molecule has 1 heterocycles. The van der Waals surface area contributed by atoms with Crippen LogP contribution in [0.15, 0.2) is 48.5 Å². The lowest BCUT2D eigenvalue weighted by atomic mass is 9.96. The predicted octanol–water partition coefficient (Wildman–Crippen LogP) is 6.07. The predicted molar refractivity (Wildman–Crippen MR) is 164 cm³/mol. The average molecular weight is 587 g/mol. The molecule has 3 rings (SSSR count). The first-order valence-electron chi connectivity index (χ1n) is 14.3. The van der Waals surface area contributed by atoms with E-state index in [9.17, 15) is 14.7 Å². The lowest BCUT2D eigenvalue weighted by Gasteiger charge is -2.31. The van der Waals surface area contributed by atoms with Crippen LogP contribution in [0.4, 0.5) is 4.79 Å². The lowest BCUT2D eigenvalue weighted by Crippen LogP contribution is -2.42. The second-order valence-corrected chi connectivity index (χ2v) is 12.9. The molecule has 0 spiro atoms. The molecule has 2 atom stereocenters. The highest BCUT2D eigenvalue weighted by molar-refractivity contribution is 7.98. The molecule has 0 saturated carbocycles. The molecular weight excluding hydrogens is 540 g/mol. The minimum atomic E-state index is -0.575. The maximum atomic E-state index is 13.8. The Bertz CT molecular complexity index is 1120. The van der Waals surface area contributed by atoms with Gasteiger partial charge in [-0.05, 0) is 76.0 Å². The molecular formula is C32H46N2O6S. The summed E-state index contributed by atoms with van der Waals surface area (Å²) >= 11 is 1.85. The van der Waals surface area contributed by atoms with E-state index >= 15 is 0 Å². The topological polar surface area (TPSA) is 88.5 Å². The molecule has 2 aromatic rings. The zero-order valence-electron chi connectivity index (χ0n) is 25.3. The maximum absolute atomic E-state index is 13.8. The molecule has 9 heteroatoms. The third-order valence-corrected chi connectivity index (χ3v) is 8.15. The summed E-state index contributed by atoms with van der Waals surface area (Å²) in [5, 5.41) is 10.3. The highest BCUT2D eigenvalue weighted by atomic mass is 32.2. The van der Waals surface area contributed by atoms with Gasteiger partial charge >= 0.3 is 6.09 Å². The molecule has 0 aliphatic carbocycles. The van der Waals surface area contributed by atoms with Crippen molar-refractivity contribution in [2.75, 3.05) is 45.7 Å². The van der Waals surface area contributed by atoms with Crippen LogP contribution in [0.3, 0.4) is 0 Å². The summed E-state index contributed by atoms with van der Waals surface area (Å²) in [5.41, 5.74) is 1.15. The van der Waals surface area contributed by atoms with Gasteiger partial charge in [-0.15, -0.1) is 0 Å². The van der Waals surface area contributed by atoms with Gasteiger partial charge in [-0.2, -0.15) is 11.8 Å². The van der Waals surface area contributed by atoms with Crippen molar-refractivity contribution in [3.8, 4) is 11.5 Å². The third kappa shape index (κ3) is 10.1. The molecule has 2 aromatic carbocycles. The van der Waals surface area contributed by atoms with Gasteiger partial charge in [0.05, 0.1) is 6.61 Å². The Kier molecular flexibility index (Phi) is 12.2. The van der Waals surface area contributed by atoms with Gasteiger partial charge in [-0.25, -0.2) is 4.79 Å². The number of rotatable bonds is 13. The third-order valence-electron chi connectivity index (χ3n) is 6.94. The highest BCUT2D eigenvalue weighted by Crippen LogP contribution is 2.32.